The number of amides is 1. The third kappa shape index (κ3) is 4.14. The summed E-state index contributed by atoms with van der Waals surface area (Å²) in [5.41, 5.74) is 2.92. The van der Waals surface area contributed by atoms with Crippen molar-refractivity contribution in [3.63, 3.8) is 0 Å². The van der Waals surface area contributed by atoms with Crippen LogP contribution in [0.1, 0.15) is 23.4 Å². The van der Waals surface area contributed by atoms with Gasteiger partial charge in [-0.25, -0.2) is 9.97 Å². The number of nitrogens with one attached hydrogen (secondary N) is 2. The fourth-order valence-corrected chi connectivity index (χ4v) is 3.11. The summed E-state index contributed by atoms with van der Waals surface area (Å²) in [5.74, 6) is 0.726. The highest BCUT2D eigenvalue weighted by Crippen LogP contribution is 2.15. The van der Waals surface area contributed by atoms with Crippen molar-refractivity contribution in [3.05, 3.63) is 35.5 Å². The molecular weight excluding hydrogens is 320 g/mol. The van der Waals surface area contributed by atoms with E-state index in [2.05, 4.69) is 25.7 Å². The van der Waals surface area contributed by atoms with Crippen LogP contribution in [0.15, 0.2) is 18.6 Å². The lowest BCUT2D eigenvalue weighted by molar-refractivity contribution is -0.121. The molecule has 1 aliphatic rings. The number of aryl methyl sites for hydroxylation is 2. The molecule has 8 nitrogen and oxygen atoms in total. The van der Waals surface area contributed by atoms with Gasteiger partial charge >= 0.3 is 0 Å². The molecular formula is C17H24N6O2. The van der Waals surface area contributed by atoms with Crippen LogP contribution in [0.5, 0.6) is 0 Å². The van der Waals surface area contributed by atoms with Crippen molar-refractivity contribution in [2.24, 2.45) is 7.05 Å². The molecule has 0 bridgehead atoms. The second-order valence-corrected chi connectivity index (χ2v) is 6.33. The number of hydrogen-bond donors (Lipinski definition) is 2. The lowest BCUT2D eigenvalue weighted by atomic mass is 10.0. The van der Waals surface area contributed by atoms with Gasteiger partial charge < -0.3 is 15.4 Å². The predicted molar refractivity (Wildman–Crippen MR) is 93.2 cm³/mol. The summed E-state index contributed by atoms with van der Waals surface area (Å²) in [6.45, 7) is 5.08. The standard InChI is InChI=1S/C17H24N6O2/c1-11-13(12(2)23(3)22-11)8-17(24)21-14-5-7-25-9-15(14)20-16-4-6-18-10-19-16/h4,6,10,14-15H,5,7-9H2,1-3H3,(H,21,24)(H,18,19,20)/t14-,15+/m0/s1. The van der Waals surface area contributed by atoms with Gasteiger partial charge in [-0.2, -0.15) is 5.10 Å². The number of aromatic nitrogens is 4. The number of carbonyl (C=O) groups excluding carboxylic acids is 1. The Morgan fingerprint density at radius 3 is 2.92 bits per heavy atom. The van der Waals surface area contributed by atoms with Crippen molar-refractivity contribution in [1.29, 1.82) is 0 Å². The first-order valence-corrected chi connectivity index (χ1v) is 8.43. The Kier molecular flexibility index (Phi) is 5.28. The minimum absolute atomic E-state index is 0.000544. The molecule has 0 saturated carbocycles. The highest BCUT2D eigenvalue weighted by molar-refractivity contribution is 5.79. The minimum Gasteiger partial charge on any atom is -0.379 e. The van der Waals surface area contributed by atoms with E-state index in [1.54, 1.807) is 12.3 Å². The van der Waals surface area contributed by atoms with Gasteiger partial charge in [0, 0.05) is 31.1 Å². The van der Waals surface area contributed by atoms with E-state index < -0.39 is 0 Å². The zero-order valence-electron chi connectivity index (χ0n) is 14.8. The van der Waals surface area contributed by atoms with E-state index in [4.69, 9.17) is 4.74 Å². The van der Waals surface area contributed by atoms with Gasteiger partial charge in [-0.1, -0.05) is 0 Å². The van der Waals surface area contributed by atoms with E-state index in [1.807, 2.05) is 25.6 Å². The average Bonchev–Trinajstić information content (AvgIpc) is 2.84. The molecule has 1 aliphatic heterocycles. The van der Waals surface area contributed by atoms with Gasteiger partial charge in [-0.15, -0.1) is 0 Å². The zero-order valence-corrected chi connectivity index (χ0v) is 14.8. The molecule has 1 fully saturated rings. The van der Waals surface area contributed by atoms with Crippen LogP contribution in [0, 0.1) is 13.8 Å². The summed E-state index contributed by atoms with van der Waals surface area (Å²) < 4.78 is 7.37. The lowest BCUT2D eigenvalue weighted by Crippen LogP contribution is -2.52. The van der Waals surface area contributed by atoms with Crippen LogP contribution in [0.2, 0.25) is 0 Å². The molecule has 3 rings (SSSR count). The van der Waals surface area contributed by atoms with Gasteiger partial charge in [0.25, 0.3) is 0 Å². The summed E-state index contributed by atoms with van der Waals surface area (Å²) >= 11 is 0. The number of carbonyl (C=O) groups is 1. The van der Waals surface area contributed by atoms with Gasteiger partial charge in [0.15, 0.2) is 0 Å². The third-order valence-electron chi connectivity index (χ3n) is 4.61. The Hall–Kier alpha value is -2.48. The molecule has 2 aromatic rings. The summed E-state index contributed by atoms with van der Waals surface area (Å²) in [5, 5.41) is 10.8. The lowest BCUT2D eigenvalue weighted by Gasteiger charge is -2.33. The van der Waals surface area contributed by atoms with E-state index in [9.17, 15) is 4.79 Å². The smallest absolute Gasteiger partial charge is 0.224 e. The molecule has 2 N–H and O–H groups in total. The van der Waals surface area contributed by atoms with Gasteiger partial charge in [-0.3, -0.25) is 9.48 Å². The van der Waals surface area contributed by atoms with E-state index in [-0.39, 0.29) is 18.0 Å². The van der Waals surface area contributed by atoms with Crippen LogP contribution in [0.3, 0.4) is 0 Å². The van der Waals surface area contributed by atoms with E-state index in [0.717, 1.165) is 29.2 Å². The predicted octanol–water partition coefficient (Wildman–Crippen LogP) is 0.755. The van der Waals surface area contributed by atoms with Crippen molar-refractivity contribution >= 4 is 11.7 Å². The van der Waals surface area contributed by atoms with Crippen LogP contribution in [-0.4, -0.2) is 51.0 Å². The van der Waals surface area contributed by atoms with Gasteiger partial charge in [0.2, 0.25) is 5.91 Å². The van der Waals surface area contributed by atoms with Gasteiger partial charge in [0.1, 0.15) is 12.1 Å². The van der Waals surface area contributed by atoms with Crippen LogP contribution in [0.25, 0.3) is 0 Å². The molecule has 0 aliphatic carbocycles. The molecule has 2 atom stereocenters. The van der Waals surface area contributed by atoms with Crippen LogP contribution < -0.4 is 10.6 Å². The normalized spacial score (nSPS) is 20.3. The molecule has 0 unspecified atom stereocenters. The zero-order chi connectivity index (χ0) is 17.8. The first-order chi connectivity index (χ1) is 12.0. The van der Waals surface area contributed by atoms with Crippen molar-refractivity contribution in [2.45, 2.75) is 38.8 Å². The highest BCUT2D eigenvalue weighted by Gasteiger charge is 2.28. The number of hydrogen-bond acceptors (Lipinski definition) is 6. The summed E-state index contributed by atoms with van der Waals surface area (Å²) in [6, 6.07) is 1.77. The number of ether oxygens (including phenoxy) is 1. The third-order valence-corrected chi connectivity index (χ3v) is 4.61. The molecule has 1 amide bonds. The molecule has 0 aromatic carbocycles. The Balaban J connectivity index is 1.64. The topological polar surface area (TPSA) is 94.0 Å². The second kappa shape index (κ2) is 7.60. The molecule has 134 valence electrons. The van der Waals surface area contributed by atoms with Crippen LogP contribution >= 0.6 is 0 Å². The quantitative estimate of drug-likeness (QED) is 0.831. The van der Waals surface area contributed by atoms with E-state index >= 15 is 0 Å². The summed E-state index contributed by atoms with van der Waals surface area (Å²) in [6.07, 6.45) is 4.27. The molecule has 3 heterocycles. The van der Waals surface area contributed by atoms with Crippen LogP contribution in [-0.2, 0) is 23.0 Å². The van der Waals surface area contributed by atoms with Gasteiger partial charge in [-0.05, 0) is 26.3 Å². The molecule has 0 radical (unpaired) electrons. The first-order valence-electron chi connectivity index (χ1n) is 8.43. The second-order valence-electron chi connectivity index (χ2n) is 6.33. The molecule has 0 spiro atoms. The number of nitrogens with zero attached hydrogens (tertiary/aromatic N) is 4. The van der Waals surface area contributed by atoms with Crippen molar-refractivity contribution < 1.29 is 9.53 Å². The summed E-state index contributed by atoms with van der Waals surface area (Å²) in [4.78, 5) is 20.6. The molecule has 2 aromatic heterocycles. The maximum absolute atomic E-state index is 12.6. The fraction of sp³-hybridized carbons (Fsp3) is 0.529. The largest absolute Gasteiger partial charge is 0.379 e. The summed E-state index contributed by atoms with van der Waals surface area (Å²) in [7, 11) is 1.89. The van der Waals surface area contributed by atoms with Crippen molar-refractivity contribution in [3.8, 4) is 0 Å². The average molecular weight is 344 g/mol. The maximum Gasteiger partial charge on any atom is 0.224 e. The molecule has 8 heteroatoms. The Bertz CT molecular complexity index is 730. The van der Waals surface area contributed by atoms with E-state index in [0.29, 0.717) is 19.6 Å². The van der Waals surface area contributed by atoms with Crippen LogP contribution in [0.4, 0.5) is 5.82 Å². The Morgan fingerprint density at radius 1 is 1.40 bits per heavy atom. The number of anilines is 1. The molecule has 25 heavy (non-hydrogen) atoms. The molecule has 1 saturated heterocycles. The highest BCUT2D eigenvalue weighted by atomic mass is 16.5. The monoisotopic (exact) mass is 344 g/mol. The van der Waals surface area contributed by atoms with Crippen molar-refractivity contribution in [2.75, 3.05) is 18.5 Å². The van der Waals surface area contributed by atoms with Crippen molar-refractivity contribution in [1.82, 2.24) is 25.1 Å². The van der Waals surface area contributed by atoms with E-state index in [1.165, 1.54) is 6.33 Å². The Morgan fingerprint density at radius 2 is 2.24 bits per heavy atom. The number of rotatable bonds is 5. The maximum atomic E-state index is 12.6. The Labute approximate surface area is 147 Å². The minimum atomic E-state index is -0.0244. The first kappa shape index (κ1) is 17.3. The fourth-order valence-electron chi connectivity index (χ4n) is 3.11. The SMILES string of the molecule is Cc1nn(C)c(C)c1CC(=O)N[C@H]1CCOC[C@H]1Nc1ccncn1. The van der Waals surface area contributed by atoms with Gasteiger partial charge in [0.05, 0.1) is 30.8 Å².